The minimum atomic E-state index is -0.458. The molecule has 3 aliphatic rings. The molecule has 2 aromatic heterocycles. The Morgan fingerprint density at radius 3 is 1.68 bits per heavy atom. The molecule has 0 saturated heterocycles. The van der Waals surface area contributed by atoms with E-state index in [1.165, 1.54) is 71.6 Å². The highest BCUT2D eigenvalue weighted by molar-refractivity contribution is 6.14. The highest BCUT2D eigenvalue weighted by Gasteiger charge is 2.52. The number of hydrogen-bond acceptors (Lipinski definition) is 2. The average molecular weight is 726 g/mol. The molecule has 13 rings (SSSR count). The normalized spacial score (nSPS) is 14.8. The molecule has 1 spiro atoms. The van der Waals surface area contributed by atoms with Crippen LogP contribution in [0, 0.1) is 0 Å². The van der Waals surface area contributed by atoms with Crippen molar-refractivity contribution in [2.75, 3.05) is 0 Å². The number of hydrogen-bond donors (Lipinski definition) is 0. The van der Waals surface area contributed by atoms with Gasteiger partial charge >= 0.3 is 0 Å². The van der Waals surface area contributed by atoms with Crippen molar-refractivity contribution in [2.24, 2.45) is 0 Å². The van der Waals surface area contributed by atoms with E-state index in [0.29, 0.717) is 0 Å². The molecule has 3 aliphatic carbocycles. The summed E-state index contributed by atoms with van der Waals surface area (Å²) in [5.41, 5.74) is 18.2. The van der Waals surface area contributed by atoms with E-state index in [0.717, 1.165) is 45.1 Å². The van der Waals surface area contributed by atoms with Gasteiger partial charge in [0.15, 0.2) is 5.82 Å². The molecular formula is C54H35N3. The molecule has 0 N–H and O–H groups in total. The molecule has 3 heteroatoms. The molecule has 3 nitrogen and oxygen atoms in total. The smallest absolute Gasteiger partial charge is 0.165 e. The molecule has 8 aromatic carbocycles. The number of fused-ring (bicyclic) bond motifs is 17. The third-order valence-electron chi connectivity index (χ3n) is 13.4. The molecule has 0 radical (unpaired) electrons. The van der Waals surface area contributed by atoms with Gasteiger partial charge in [-0.15, -0.1) is 0 Å². The maximum Gasteiger partial charge on any atom is 0.165 e. The predicted molar refractivity (Wildman–Crippen MR) is 233 cm³/mol. The van der Waals surface area contributed by atoms with E-state index in [2.05, 4.69) is 194 Å². The van der Waals surface area contributed by atoms with Crippen LogP contribution >= 0.6 is 0 Å². The van der Waals surface area contributed by atoms with Gasteiger partial charge in [-0.1, -0.05) is 172 Å². The summed E-state index contributed by atoms with van der Waals surface area (Å²) in [4.78, 5) is 11.7. The summed E-state index contributed by atoms with van der Waals surface area (Å²) in [5.74, 6) is 0.849. The van der Waals surface area contributed by atoms with Crippen LogP contribution in [0.3, 0.4) is 0 Å². The fraction of sp³-hybridized carbons (Fsp3) is 0.0741. The van der Waals surface area contributed by atoms with E-state index < -0.39 is 5.41 Å². The topological polar surface area (TPSA) is 30.7 Å². The predicted octanol–water partition coefficient (Wildman–Crippen LogP) is 13.0. The van der Waals surface area contributed by atoms with E-state index in [-0.39, 0.29) is 5.41 Å². The van der Waals surface area contributed by atoms with Crippen LogP contribution < -0.4 is 0 Å². The number of aromatic nitrogens is 3. The fourth-order valence-electron chi connectivity index (χ4n) is 11.0. The zero-order valence-electron chi connectivity index (χ0n) is 31.6. The average Bonchev–Trinajstić information content (AvgIpc) is 3.92. The van der Waals surface area contributed by atoms with Crippen LogP contribution in [0.25, 0.3) is 83.2 Å². The van der Waals surface area contributed by atoms with Crippen molar-refractivity contribution in [1.82, 2.24) is 14.5 Å². The molecule has 0 saturated carbocycles. The van der Waals surface area contributed by atoms with Gasteiger partial charge in [-0.05, 0) is 79.0 Å². The molecule has 0 bridgehead atoms. The molecule has 0 amide bonds. The molecule has 0 atom stereocenters. The third kappa shape index (κ3) is 3.77. The molecule has 0 fully saturated rings. The Morgan fingerprint density at radius 2 is 0.947 bits per heavy atom. The van der Waals surface area contributed by atoms with E-state index in [1.807, 2.05) is 0 Å². The fourth-order valence-corrected chi connectivity index (χ4v) is 11.0. The van der Waals surface area contributed by atoms with Crippen molar-refractivity contribution in [3.8, 4) is 50.6 Å². The monoisotopic (exact) mass is 725 g/mol. The second kappa shape index (κ2) is 10.8. The lowest BCUT2D eigenvalue weighted by Gasteiger charge is -2.30. The van der Waals surface area contributed by atoms with E-state index in [1.54, 1.807) is 0 Å². The minimum Gasteiger partial charge on any atom is -0.292 e. The summed E-state index contributed by atoms with van der Waals surface area (Å²) in [7, 11) is 0. The van der Waals surface area contributed by atoms with Crippen molar-refractivity contribution in [3.05, 3.63) is 209 Å². The van der Waals surface area contributed by atoms with Crippen molar-refractivity contribution in [3.63, 3.8) is 0 Å². The van der Waals surface area contributed by atoms with E-state index in [4.69, 9.17) is 9.97 Å². The Kier molecular flexibility index (Phi) is 5.90. The molecule has 2 heterocycles. The van der Waals surface area contributed by atoms with Gasteiger partial charge in [0.1, 0.15) is 5.69 Å². The van der Waals surface area contributed by atoms with Crippen LogP contribution in [0.15, 0.2) is 176 Å². The lowest BCUT2D eigenvalue weighted by atomic mass is 9.70. The highest BCUT2D eigenvalue weighted by atomic mass is 15.1. The zero-order valence-corrected chi connectivity index (χ0v) is 31.6. The summed E-state index contributed by atoms with van der Waals surface area (Å²) in [6, 6.07) is 64.9. The standard InChI is InChI=1S/C54H35N3/c1-53(2)41-24-10-8-22-38(41)49-51(53)55-50(52(56-49)57-46-29-14-9-20-36(46)40-30-32-16-3-4-17-33(32)31-47(40)57)39-23-15-28-45-48(39)37-21-7-13-27-44(37)54(45)42-25-11-5-18-34(42)35-19-6-12-26-43(35)54/h3-31H,1-2H3. The van der Waals surface area contributed by atoms with Gasteiger partial charge in [0.2, 0.25) is 0 Å². The number of benzene rings is 8. The molecule has 0 unspecified atom stereocenters. The first-order valence-corrected chi connectivity index (χ1v) is 19.9. The Hall–Kier alpha value is -7.10. The second-order valence-corrected chi connectivity index (χ2v) is 16.4. The maximum absolute atomic E-state index is 5.89. The van der Waals surface area contributed by atoms with Crippen molar-refractivity contribution >= 4 is 32.6 Å². The van der Waals surface area contributed by atoms with Gasteiger partial charge in [-0.3, -0.25) is 4.57 Å². The molecule has 57 heavy (non-hydrogen) atoms. The minimum absolute atomic E-state index is 0.330. The largest absolute Gasteiger partial charge is 0.292 e. The van der Waals surface area contributed by atoms with Crippen molar-refractivity contribution < 1.29 is 0 Å². The number of nitrogens with zero attached hydrogens (tertiary/aromatic N) is 3. The lowest BCUT2D eigenvalue weighted by molar-refractivity contribution is 0.635. The van der Waals surface area contributed by atoms with Gasteiger partial charge in [0.05, 0.1) is 27.8 Å². The van der Waals surface area contributed by atoms with Gasteiger partial charge in [0.25, 0.3) is 0 Å². The van der Waals surface area contributed by atoms with Crippen LogP contribution in [-0.2, 0) is 10.8 Å². The summed E-state index contributed by atoms with van der Waals surface area (Å²) < 4.78 is 2.39. The summed E-state index contributed by atoms with van der Waals surface area (Å²) in [6.07, 6.45) is 0. The van der Waals surface area contributed by atoms with Gasteiger partial charge < -0.3 is 0 Å². The summed E-state index contributed by atoms with van der Waals surface area (Å²) >= 11 is 0. The van der Waals surface area contributed by atoms with Crippen LogP contribution in [0.5, 0.6) is 0 Å². The van der Waals surface area contributed by atoms with Gasteiger partial charge in [-0.2, -0.15) is 0 Å². The second-order valence-electron chi connectivity index (χ2n) is 16.4. The molecule has 0 aliphatic heterocycles. The molecular weight excluding hydrogens is 691 g/mol. The van der Waals surface area contributed by atoms with Crippen LogP contribution in [0.2, 0.25) is 0 Å². The Morgan fingerprint density at radius 1 is 0.404 bits per heavy atom. The Balaban J connectivity index is 1.19. The first kappa shape index (κ1) is 31.1. The summed E-state index contributed by atoms with van der Waals surface area (Å²) in [6.45, 7) is 4.60. The molecule has 10 aromatic rings. The summed E-state index contributed by atoms with van der Waals surface area (Å²) in [5, 5.41) is 4.84. The van der Waals surface area contributed by atoms with Crippen LogP contribution in [0.1, 0.15) is 47.4 Å². The van der Waals surface area contributed by atoms with Crippen LogP contribution in [0.4, 0.5) is 0 Å². The highest BCUT2D eigenvalue weighted by Crippen LogP contribution is 2.64. The Labute approximate surface area is 330 Å². The molecule has 266 valence electrons. The zero-order chi connectivity index (χ0) is 37.6. The van der Waals surface area contributed by atoms with E-state index >= 15 is 0 Å². The lowest BCUT2D eigenvalue weighted by Crippen LogP contribution is -2.25. The quantitative estimate of drug-likeness (QED) is 0.178. The van der Waals surface area contributed by atoms with Gasteiger partial charge in [-0.25, -0.2) is 9.97 Å². The first-order chi connectivity index (χ1) is 28.0. The third-order valence-corrected chi connectivity index (χ3v) is 13.4. The van der Waals surface area contributed by atoms with Crippen LogP contribution in [-0.4, -0.2) is 14.5 Å². The first-order valence-electron chi connectivity index (χ1n) is 19.9. The van der Waals surface area contributed by atoms with Crippen molar-refractivity contribution in [2.45, 2.75) is 24.7 Å². The maximum atomic E-state index is 5.89. The Bertz CT molecular complexity index is 3350. The SMILES string of the molecule is CC1(C)c2ccccc2-c2nc(-n3c4ccccc4c4cc5ccccc5cc43)c(-c3cccc4c3-c3ccccc3C43c4ccccc4-c4ccccc43)nc21. The number of rotatable bonds is 2. The van der Waals surface area contributed by atoms with E-state index in [9.17, 15) is 0 Å². The van der Waals surface area contributed by atoms with Gasteiger partial charge in [0, 0.05) is 27.3 Å². The van der Waals surface area contributed by atoms with Crippen molar-refractivity contribution in [1.29, 1.82) is 0 Å². The number of para-hydroxylation sites is 1.